The summed E-state index contributed by atoms with van der Waals surface area (Å²) in [4.78, 5) is 0. The Morgan fingerprint density at radius 3 is 2.31 bits per heavy atom. The van der Waals surface area contributed by atoms with Gasteiger partial charge in [-0.3, -0.25) is 0 Å². The van der Waals surface area contributed by atoms with Gasteiger partial charge in [0.15, 0.2) is 7.38 Å². The van der Waals surface area contributed by atoms with Crippen LogP contribution >= 0.6 is 11.1 Å². The van der Waals surface area contributed by atoms with Gasteiger partial charge in [-0.1, -0.05) is 56.9 Å². The molecular formula is C10H23ClSi2. The Kier molecular flexibility index (Phi) is 5.05. The minimum Gasteiger partial charge on any atom is -0.168 e. The molecule has 0 aromatic rings. The van der Waals surface area contributed by atoms with Gasteiger partial charge in [-0.2, -0.15) is 11.1 Å². The van der Waals surface area contributed by atoms with E-state index in [9.17, 15) is 0 Å². The lowest BCUT2D eigenvalue weighted by atomic mass is 10.4. The van der Waals surface area contributed by atoms with Crippen molar-refractivity contribution in [1.82, 2.24) is 0 Å². The summed E-state index contributed by atoms with van der Waals surface area (Å²) >= 11 is 6.63. The third-order valence-corrected chi connectivity index (χ3v) is 19.5. The van der Waals surface area contributed by atoms with Crippen LogP contribution in [0.3, 0.4) is 0 Å². The first-order valence-electron chi connectivity index (χ1n) is 5.89. The molecule has 1 aliphatic heterocycles. The van der Waals surface area contributed by atoms with Gasteiger partial charge in [0.25, 0.3) is 0 Å². The highest BCUT2D eigenvalue weighted by Gasteiger charge is 2.44. The summed E-state index contributed by atoms with van der Waals surface area (Å²) < 4.78 is 0. The van der Waals surface area contributed by atoms with Crippen LogP contribution in [0.15, 0.2) is 0 Å². The SMILES string of the molecule is CCCC[SiH]1C[Si](Cl)(CCCC)C1. The zero-order valence-electron chi connectivity index (χ0n) is 9.11. The molecule has 1 saturated heterocycles. The maximum atomic E-state index is 6.63. The van der Waals surface area contributed by atoms with Gasteiger partial charge in [0.05, 0.1) is 0 Å². The Balaban J connectivity index is 2.07. The van der Waals surface area contributed by atoms with E-state index in [1.54, 1.807) is 17.4 Å². The maximum Gasteiger partial charge on any atom is 0.150 e. The van der Waals surface area contributed by atoms with Crippen LogP contribution in [0.4, 0.5) is 0 Å². The monoisotopic (exact) mass is 234 g/mol. The molecule has 0 aliphatic carbocycles. The average Bonchev–Trinajstić information content (AvgIpc) is 2.07. The van der Waals surface area contributed by atoms with Crippen molar-refractivity contribution in [2.45, 2.75) is 63.0 Å². The molecule has 13 heavy (non-hydrogen) atoms. The summed E-state index contributed by atoms with van der Waals surface area (Å²) in [5.41, 5.74) is 3.13. The number of unbranched alkanes of at least 4 members (excludes halogenated alkanes) is 2. The smallest absolute Gasteiger partial charge is 0.150 e. The van der Waals surface area contributed by atoms with Crippen molar-refractivity contribution in [2.24, 2.45) is 0 Å². The van der Waals surface area contributed by atoms with Crippen LogP contribution in [0.25, 0.3) is 0 Å². The van der Waals surface area contributed by atoms with Crippen LogP contribution in [0.2, 0.25) is 23.4 Å². The van der Waals surface area contributed by atoms with Crippen molar-refractivity contribution < 1.29 is 0 Å². The van der Waals surface area contributed by atoms with Crippen molar-refractivity contribution in [1.29, 1.82) is 0 Å². The topological polar surface area (TPSA) is 0 Å². The van der Waals surface area contributed by atoms with Crippen LogP contribution in [0.1, 0.15) is 39.5 Å². The lowest BCUT2D eigenvalue weighted by Crippen LogP contribution is -2.48. The first-order chi connectivity index (χ1) is 6.20. The molecule has 0 amide bonds. The number of hydrogen-bond donors (Lipinski definition) is 0. The molecule has 0 saturated carbocycles. The lowest BCUT2D eigenvalue weighted by molar-refractivity contribution is 0.856. The Morgan fingerprint density at radius 1 is 1.15 bits per heavy atom. The number of hydrogen-bond acceptors (Lipinski definition) is 0. The van der Waals surface area contributed by atoms with Gasteiger partial charge >= 0.3 is 0 Å². The van der Waals surface area contributed by atoms with Crippen molar-refractivity contribution in [2.75, 3.05) is 0 Å². The van der Waals surface area contributed by atoms with Crippen LogP contribution in [0, 0.1) is 0 Å². The van der Waals surface area contributed by atoms with Crippen LogP contribution in [0.5, 0.6) is 0 Å². The minimum absolute atomic E-state index is 0.256. The predicted molar refractivity (Wildman–Crippen MR) is 67.8 cm³/mol. The largest absolute Gasteiger partial charge is 0.168 e. The molecule has 0 atom stereocenters. The molecule has 1 rings (SSSR count). The van der Waals surface area contributed by atoms with Crippen molar-refractivity contribution in [3.05, 3.63) is 0 Å². The average molecular weight is 235 g/mol. The van der Waals surface area contributed by atoms with Gasteiger partial charge in [-0.15, -0.1) is 0 Å². The summed E-state index contributed by atoms with van der Waals surface area (Å²) in [5.74, 6) is 0. The summed E-state index contributed by atoms with van der Waals surface area (Å²) in [6.07, 6.45) is 5.59. The fourth-order valence-corrected chi connectivity index (χ4v) is 19.7. The minimum atomic E-state index is -1.10. The molecular weight excluding hydrogens is 212 g/mol. The standard InChI is InChI=1S/C10H23ClSi2/c1-3-5-7-12-9-13(11,10-12)8-6-4-2/h12H,3-10H2,1-2H3. The maximum absolute atomic E-state index is 6.63. The van der Waals surface area contributed by atoms with Crippen molar-refractivity contribution >= 4 is 27.3 Å². The van der Waals surface area contributed by atoms with Crippen molar-refractivity contribution in [3.63, 3.8) is 0 Å². The fraction of sp³-hybridized carbons (Fsp3) is 1.00. The Hall–Kier alpha value is 0.724. The van der Waals surface area contributed by atoms with E-state index < -0.39 is 7.38 Å². The predicted octanol–water partition coefficient (Wildman–Crippen LogP) is 4.09. The highest BCUT2D eigenvalue weighted by Crippen LogP contribution is 2.41. The molecule has 0 aromatic carbocycles. The second-order valence-electron chi connectivity index (χ2n) is 4.67. The molecule has 0 bridgehead atoms. The fourth-order valence-electron chi connectivity index (χ4n) is 2.37. The highest BCUT2D eigenvalue weighted by molar-refractivity contribution is 7.31. The van der Waals surface area contributed by atoms with Gasteiger partial charge < -0.3 is 0 Å². The number of rotatable bonds is 6. The van der Waals surface area contributed by atoms with E-state index in [1.165, 1.54) is 31.7 Å². The van der Waals surface area contributed by atoms with Gasteiger partial charge in [0, 0.05) is 8.80 Å². The second kappa shape index (κ2) is 5.57. The van der Waals surface area contributed by atoms with E-state index in [-0.39, 0.29) is 8.80 Å². The first kappa shape index (κ1) is 11.8. The molecule has 0 unspecified atom stereocenters. The normalized spacial score (nSPS) is 33.0. The van der Waals surface area contributed by atoms with Gasteiger partial charge in [-0.05, 0) is 6.04 Å². The molecule has 78 valence electrons. The molecule has 0 N–H and O–H groups in total. The third kappa shape index (κ3) is 3.76. The zero-order chi connectivity index (χ0) is 9.73. The first-order valence-corrected chi connectivity index (χ1v) is 12.0. The van der Waals surface area contributed by atoms with Crippen molar-refractivity contribution in [3.8, 4) is 0 Å². The zero-order valence-corrected chi connectivity index (χ0v) is 12.0. The van der Waals surface area contributed by atoms with E-state index in [4.69, 9.17) is 11.1 Å². The van der Waals surface area contributed by atoms with E-state index in [0.717, 1.165) is 0 Å². The lowest BCUT2D eigenvalue weighted by Gasteiger charge is -2.40. The molecule has 0 spiro atoms. The van der Waals surface area contributed by atoms with Crippen LogP contribution < -0.4 is 0 Å². The third-order valence-electron chi connectivity index (χ3n) is 3.25. The number of halogens is 1. The Morgan fingerprint density at radius 2 is 1.77 bits per heavy atom. The summed E-state index contributed by atoms with van der Waals surface area (Å²) in [7, 11) is -1.35. The quantitative estimate of drug-likeness (QED) is 0.480. The molecule has 3 heteroatoms. The van der Waals surface area contributed by atoms with Gasteiger partial charge in [0.2, 0.25) is 0 Å². The highest BCUT2D eigenvalue weighted by atomic mass is 35.6. The van der Waals surface area contributed by atoms with E-state index >= 15 is 0 Å². The van der Waals surface area contributed by atoms with E-state index in [1.807, 2.05) is 0 Å². The summed E-state index contributed by atoms with van der Waals surface area (Å²) in [6.45, 7) is 4.58. The van der Waals surface area contributed by atoms with Crippen LogP contribution in [-0.2, 0) is 0 Å². The molecule has 1 fully saturated rings. The molecule has 1 aliphatic rings. The second-order valence-corrected chi connectivity index (χ2v) is 15.5. The van der Waals surface area contributed by atoms with E-state index in [0.29, 0.717) is 0 Å². The van der Waals surface area contributed by atoms with Gasteiger partial charge in [0.1, 0.15) is 0 Å². The van der Waals surface area contributed by atoms with Crippen LogP contribution in [-0.4, -0.2) is 16.2 Å². The Labute approximate surface area is 90.4 Å². The summed E-state index contributed by atoms with van der Waals surface area (Å²) in [5, 5.41) is 0. The Bertz CT molecular complexity index is 144. The molecule has 0 radical (unpaired) electrons. The summed E-state index contributed by atoms with van der Waals surface area (Å²) in [6, 6.07) is 3.00. The molecule has 0 nitrogen and oxygen atoms in total. The molecule has 0 aromatic heterocycles. The van der Waals surface area contributed by atoms with Gasteiger partial charge in [-0.25, -0.2) is 0 Å². The molecule has 1 heterocycles. The van der Waals surface area contributed by atoms with E-state index in [2.05, 4.69) is 13.8 Å².